The summed E-state index contributed by atoms with van der Waals surface area (Å²) in [6.07, 6.45) is 0.917. The van der Waals surface area contributed by atoms with Gasteiger partial charge in [0, 0.05) is 18.7 Å². The Bertz CT molecular complexity index is 641. The van der Waals surface area contributed by atoms with Crippen molar-refractivity contribution in [3.05, 3.63) is 29.8 Å². The number of nitrogens with zero attached hydrogens (tertiary/aromatic N) is 1. The van der Waals surface area contributed by atoms with E-state index in [0.717, 1.165) is 12.0 Å². The Morgan fingerprint density at radius 3 is 2.48 bits per heavy atom. The number of rotatable bonds is 2. The molecule has 1 aromatic rings. The van der Waals surface area contributed by atoms with Gasteiger partial charge >= 0.3 is 0 Å². The summed E-state index contributed by atoms with van der Waals surface area (Å²) in [5, 5.41) is 0. The molecule has 0 radical (unpaired) electrons. The molecule has 1 fully saturated rings. The van der Waals surface area contributed by atoms with Gasteiger partial charge in [0.2, 0.25) is 10.0 Å². The van der Waals surface area contributed by atoms with E-state index in [1.54, 1.807) is 28.6 Å². The van der Waals surface area contributed by atoms with E-state index < -0.39 is 10.0 Å². The van der Waals surface area contributed by atoms with Crippen LogP contribution in [0.4, 0.5) is 0 Å². The smallest absolute Gasteiger partial charge is 0.243 e. The molecule has 0 amide bonds. The minimum atomic E-state index is -3.40. The number of hydrogen-bond acceptors (Lipinski definition) is 3. The maximum Gasteiger partial charge on any atom is 0.243 e. The third-order valence-electron chi connectivity index (χ3n) is 4.12. The van der Waals surface area contributed by atoms with Crippen LogP contribution in [0.3, 0.4) is 0 Å². The Kier molecular flexibility index (Phi) is 5.04. The maximum absolute atomic E-state index is 12.6. The van der Waals surface area contributed by atoms with Gasteiger partial charge in [-0.3, -0.25) is 0 Å². The zero-order valence-electron chi connectivity index (χ0n) is 12.5. The van der Waals surface area contributed by atoms with E-state index in [9.17, 15) is 8.42 Å². The van der Waals surface area contributed by atoms with Gasteiger partial charge in [0.25, 0.3) is 0 Å². The second-order valence-corrected chi connectivity index (χ2v) is 7.57. The zero-order chi connectivity index (χ0) is 15.5. The lowest BCUT2D eigenvalue weighted by molar-refractivity contribution is 0.212. The van der Waals surface area contributed by atoms with Crippen molar-refractivity contribution >= 4 is 10.0 Å². The van der Waals surface area contributed by atoms with Crippen LogP contribution in [-0.4, -0.2) is 32.4 Å². The van der Waals surface area contributed by atoms with Crippen LogP contribution in [0.15, 0.2) is 29.2 Å². The van der Waals surface area contributed by atoms with Crippen molar-refractivity contribution in [1.82, 2.24) is 4.31 Å². The zero-order valence-corrected chi connectivity index (χ0v) is 13.4. The average Bonchev–Trinajstić information content (AvgIpc) is 2.48. The molecule has 0 bridgehead atoms. The van der Waals surface area contributed by atoms with Gasteiger partial charge in [0.1, 0.15) is 0 Å². The van der Waals surface area contributed by atoms with E-state index in [0.29, 0.717) is 36.4 Å². The molecule has 5 heteroatoms. The predicted octanol–water partition coefficient (Wildman–Crippen LogP) is 1.66. The normalized spacial score (nSPS) is 23.4. The van der Waals surface area contributed by atoms with E-state index in [1.165, 1.54) is 0 Å². The van der Waals surface area contributed by atoms with Crippen molar-refractivity contribution in [1.29, 1.82) is 0 Å². The number of benzene rings is 1. The largest absolute Gasteiger partial charge is 0.320 e. The Hall–Kier alpha value is -1.35. The van der Waals surface area contributed by atoms with Crippen molar-refractivity contribution in [3.8, 4) is 11.8 Å². The first-order chi connectivity index (χ1) is 9.95. The fraction of sp³-hybridized carbons (Fsp3) is 0.500. The standard InChI is InChI=1S/C16H22N2O2S/c1-13-9-11-18(12-14(13)2)21(19,20)16-7-5-15(6-8-16)4-3-10-17/h5-8,13-14H,9-12,17H2,1-2H3. The molecule has 0 spiro atoms. The highest BCUT2D eigenvalue weighted by Crippen LogP contribution is 2.27. The second-order valence-electron chi connectivity index (χ2n) is 5.64. The first kappa shape index (κ1) is 16.0. The Balaban J connectivity index is 2.20. The van der Waals surface area contributed by atoms with Crippen LogP contribution in [0.25, 0.3) is 0 Å². The van der Waals surface area contributed by atoms with Crippen molar-refractivity contribution in [2.45, 2.75) is 25.2 Å². The third-order valence-corrected chi connectivity index (χ3v) is 6.00. The Morgan fingerprint density at radius 1 is 1.24 bits per heavy atom. The van der Waals surface area contributed by atoms with Crippen molar-refractivity contribution in [3.63, 3.8) is 0 Å². The first-order valence-corrected chi connectivity index (χ1v) is 8.68. The highest BCUT2D eigenvalue weighted by atomic mass is 32.2. The molecule has 1 saturated heterocycles. The van der Waals surface area contributed by atoms with Gasteiger partial charge in [-0.25, -0.2) is 8.42 Å². The van der Waals surface area contributed by atoms with Crippen LogP contribution in [0, 0.1) is 23.7 Å². The molecular weight excluding hydrogens is 284 g/mol. The summed E-state index contributed by atoms with van der Waals surface area (Å²) in [6, 6.07) is 6.70. The van der Waals surface area contributed by atoms with Crippen LogP contribution < -0.4 is 5.73 Å². The lowest BCUT2D eigenvalue weighted by Crippen LogP contribution is -2.42. The molecular formula is C16H22N2O2S. The third kappa shape index (κ3) is 3.65. The molecule has 114 valence electrons. The number of hydrogen-bond donors (Lipinski definition) is 1. The van der Waals surface area contributed by atoms with Crippen LogP contribution >= 0.6 is 0 Å². The predicted molar refractivity (Wildman–Crippen MR) is 84.1 cm³/mol. The number of sulfonamides is 1. The lowest BCUT2D eigenvalue weighted by Gasteiger charge is -2.34. The molecule has 1 heterocycles. The van der Waals surface area contributed by atoms with E-state index in [1.807, 2.05) is 0 Å². The number of piperidine rings is 1. The second kappa shape index (κ2) is 6.61. The quantitative estimate of drug-likeness (QED) is 0.845. The fourth-order valence-electron chi connectivity index (χ4n) is 2.46. The van der Waals surface area contributed by atoms with Gasteiger partial charge in [-0.1, -0.05) is 25.7 Å². The van der Waals surface area contributed by atoms with Crippen molar-refractivity contribution in [2.24, 2.45) is 17.6 Å². The monoisotopic (exact) mass is 306 g/mol. The highest BCUT2D eigenvalue weighted by molar-refractivity contribution is 7.89. The van der Waals surface area contributed by atoms with E-state index in [4.69, 9.17) is 5.73 Å². The molecule has 1 aliphatic rings. The molecule has 0 aromatic heterocycles. The molecule has 4 nitrogen and oxygen atoms in total. The van der Waals surface area contributed by atoms with E-state index in [2.05, 4.69) is 25.7 Å². The average molecular weight is 306 g/mol. The fourth-order valence-corrected chi connectivity index (χ4v) is 4.01. The van der Waals surface area contributed by atoms with Gasteiger partial charge in [-0.2, -0.15) is 4.31 Å². The maximum atomic E-state index is 12.6. The molecule has 0 aliphatic carbocycles. The SMILES string of the molecule is CC1CCN(S(=O)(=O)c2ccc(C#CCN)cc2)CC1C. The highest BCUT2D eigenvalue weighted by Gasteiger charge is 2.31. The van der Waals surface area contributed by atoms with Crippen LogP contribution in [0.2, 0.25) is 0 Å². The molecule has 21 heavy (non-hydrogen) atoms. The summed E-state index contributed by atoms with van der Waals surface area (Å²) in [5.41, 5.74) is 6.10. The molecule has 2 rings (SSSR count). The lowest BCUT2D eigenvalue weighted by atomic mass is 9.90. The summed E-state index contributed by atoms with van der Waals surface area (Å²) >= 11 is 0. The summed E-state index contributed by atoms with van der Waals surface area (Å²) in [7, 11) is -3.40. The topological polar surface area (TPSA) is 63.4 Å². The molecule has 2 atom stereocenters. The number of nitrogens with two attached hydrogens (primary N) is 1. The first-order valence-electron chi connectivity index (χ1n) is 7.24. The van der Waals surface area contributed by atoms with Crippen molar-refractivity contribution in [2.75, 3.05) is 19.6 Å². The summed E-state index contributed by atoms with van der Waals surface area (Å²) in [6.45, 7) is 5.78. The molecule has 1 aromatic carbocycles. The van der Waals surface area contributed by atoms with E-state index >= 15 is 0 Å². The van der Waals surface area contributed by atoms with Gasteiger partial charge < -0.3 is 5.73 Å². The van der Waals surface area contributed by atoms with Crippen LogP contribution in [0.1, 0.15) is 25.8 Å². The van der Waals surface area contributed by atoms with Crippen molar-refractivity contribution < 1.29 is 8.42 Å². The van der Waals surface area contributed by atoms with Gasteiger partial charge in [-0.05, 0) is 42.5 Å². The summed E-state index contributed by atoms with van der Waals surface area (Å²) in [4.78, 5) is 0.336. The molecule has 1 aliphatic heterocycles. The minimum absolute atomic E-state index is 0.296. The summed E-state index contributed by atoms with van der Waals surface area (Å²) in [5.74, 6) is 6.61. The van der Waals surface area contributed by atoms with Gasteiger partial charge in [0.15, 0.2) is 0 Å². The minimum Gasteiger partial charge on any atom is -0.320 e. The van der Waals surface area contributed by atoms with Crippen LogP contribution in [0.5, 0.6) is 0 Å². The summed E-state index contributed by atoms with van der Waals surface area (Å²) < 4.78 is 26.9. The van der Waals surface area contributed by atoms with Gasteiger partial charge in [-0.15, -0.1) is 0 Å². The molecule has 2 N–H and O–H groups in total. The Labute approximate surface area is 127 Å². The van der Waals surface area contributed by atoms with E-state index in [-0.39, 0.29) is 0 Å². The molecule has 0 saturated carbocycles. The van der Waals surface area contributed by atoms with Crippen LogP contribution in [-0.2, 0) is 10.0 Å². The molecule has 2 unspecified atom stereocenters. The Morgan fingerprint density at radius 2 is 1.90 bits per heavy atom. The van der Waals surface area contributed by atoms with Gasteiger partial charge in [0.05, 0.1) is 11.4 Å².